The third-order valence-corrected chi connectivity index (χ3v) is 7.00. The number of amides is 2. The van der Waals surface area contributed by atoms with E-state index in [0.717, 1.165) is 48.8 Å². The van der Waals surface area contributed by atoms with Gasteiger partial charge < -0.3 is 20.4 Å². The van der Waals surface area contributed by atoms with Crippen molar-refractivity contribution in [3.63, 3.8) is 0 Å². The maximum Gasteiger partial charge on any atom is 0.322 e. The minimum absolute atomic E-state index is 0.0632. The van der Waals surface area contributed by atoms with Gasteiger partial charge in [-0.3, -0.25) is 4.79 Å². The van der Waals surface area contributed by atoms with Gasteiger partial charge in [-0.2, -0.15) is 0 Å². The lowest BCUT2D eigenvalue weighted by Gasteiger charge is -2.48. The molecule has 0 saturated heterocycles. The van der Waals surface area contributed by atoms with Crippen LogP contribution < -0.4 is 5.32 Å². The maximum absolute atomic E-state index is 13.0. The van der Waals surface area contributed by atoms with Gasteiger partial charge in [-0.25, -0.2) is 4.79 Å². The summed E-state index contributed by atoms with van der Waals surface area (Å²) in [4.78, 5) is 25.5. The van der Waals surface area contributed by atoms with Crippen molar-refractivity contribution < 1.29 is 19.8 Å². The molecule has 1 aliphatic heterocycles. The van der Waals surface area contributed by atoms with Gasteiger partial charge >= 0.3 is 12.0 Å². The molecule has 176 valence electrons. The van der Waals surface area contributed by atoms with E-state index in [1.165, 1.54) is 4.90 Å². The lowest BCUT2D eigenvalue weighted by Crippen LogP contribution is -2.58. The summed E-state index contributed by atoms with van der Waals surface area (Å²) in [6, 6.07) is 5.80. The Morgan fingerprint density at radius 2 is 2.09 bits per heavy atom. The zero-order valence-corrected chi connectivity index (χ0v) is 20.0. The number of aliphatic hydroxyl groups excluding tert-OH is 1. The number of rotatable bonds is 8. The first-order chi connectivity index (χ1) is 15.1. The zero-order chi connectivity index (χ0) is 23.5. The van der Waals surface area contributed by atoms with Crippen molar-refractivity contribution in [2.75, 3.05) is 13.2 Å². The standard InChI is InChI=1S/C25H35ClN2O4/c1-24(2,3)12-8-18-6-7-19(15-21(18)26)25-11-4-5-17(10-14-29)20(25)16-28(23(32)27-25)13-9-22(30)31/h6-7,15-17,29H,4-5,8-14H2,1-3H3,(H,27,32)(H,30,31). The minimum Gasteiger partial charge on any atom is -0.481 e. The first kappa shape index (κ1) is 24.6. The van der Waals surface area contributed by atoms with Crippen molar-refractivity contribution in [2.45, 2.75) is 71.3 Å². The number of carboxylic acids is 1. The molecular formula is C25H35ClN2O4. The highest BCUT2D eigenvalue weighted by Crippen LogP contribution is 2.48. The van der Waals surface area contributed by atoms with Crippen LogP contribution in [0, 0.1) is 11.3 Å². The Bertz CT molecular complexity index is 890. The molecule has 2 unspecified atom stereocenters. The number of nitrogens with one attached hydrogen (secondary N) is 1. The molecule has 3 rings (SSSR count). The summed E-state index contributed by atoms with van der Waals surface area (Å²) in [5, 5.41) is 22.6. The van der Waals surface area contributed by atoms with Crippen LogP contribution in [0.5, 0.6) is 0 Å². The number of carbonyl (C=O) groups is 2. The highest BCUT2D eigenvalue weighted by molar-refractivity contribution is 6.31. The molecule has 0 radical (unpaired) electrons. The number of aliphatic carboxylic acids is 1. The summed E-state index contributed by atoms with van der Waals surface area (Å²) in [5.74, 6) is -0.831. The van der Waals surface area contributed by atoms with Gasteiger partial charge in [-0.05, 0) is 72.6 Å². The quantitative estimate of drug-likeness (QED) is 0.502. The summed E-state index contributed by atoms with van der Waals surface area (Å²) in [7, 11) is 0. The lowest BCUT2D eigenvalue weighted by atomic mass is 9.66. The molecule has 1 heterocycles. The molecule has 1 aromatic carbocycles. The molecule has 1 aromatic rings. The summed E-state index contributed by atoms with van der Waals surface area (Å²) in [6.07, 6.45) is 6.81. The molecule has 1 aliphatic carbocycles. The van der Waals surface area contributed by atoms with E-state index < -0.39 is 11.5 Å². The van der Waals surface area contributed by atoms with E-state index in [1.54, 1.807) is 0 Å². The number of urea groups is 1. The Morgan fingerprint density at radius 1 is 1.34 bits per heavy atom. The van der Waals surface area contributed by atoms with E-state index in [9.17, 15) is 14.7 Å². The largest absolute Gasteiger partial charge is 0.481 e. The fourth-order valence-corrected chi connectivity index (χ4v) is 5.11. The first-order valence-electron chi connectivity index (χ1n) is 11.5. The third-order valence-electron chi connectivity index (χ3n) is 6.65. The van der Waals surface area contributed by atoms with Crippen molar-refractivity contribution in [1.82, 2.24) is 10.2 Å². The van der Waals surface area contributed by atoms with Gasteiger partial charge in [0.05, 0.1) is 12.0 Å². The second kappa shape index (κ2) is 9.84. The van der Waals surface area contributed by atoms with Gasteiger partial charge in [0.1, 0.15) is 0 Å². The predicted octanol–water partition coefficient (Wildman–Crippen LogP) is 5.08. The van der Waals surface area contributed by atoms with E-state index in [0.29, 0.717) is 11.4 Å². The Labute approximate surface area is 195 Å². The first-order valence-corrected chi connectivity index (χ1v) is 11.9. The van der Waals surface area contributed by atoms with Crippen LogP contribution in [0.3, 0.4) is 0 Å². The number of carbonyl (C=O) groups excluding carboxylic acids is 1. The summed E-state index contributed by atoms with van der Waals surface area (Å²) in [5.41, 5.74) is 2.61. The van der Waals surface area contributed by atoms with E-state index in [-0.39, 0.29) is 36.9 Å². The van der Waals surface area contributed by atoms with Gasteiger partial charge in [0.25, 0.3) is 0 Å². The van der Waals surface area contributed by atoms with Gasteiger partial charge in [-0.15, -0.1) is 0 Å². The van der Waals surface area contributed by atoms with Crippen LogP contribution in [0.25, 0.3) is 0 Å². The molecule has 0 aromatic heterocycles. The Hall–Kier alpha value is -2.05. The topological polar surface area (TPSA) is 89.9 Å². The molecule has 32 heavy (non-hydrogen) atoms. The fourth-order valence-electron chi connectivity index (χ4n) is 4.84. The number of hydrogen-bond acceptors (Lipinski definition) is 3. The van der Waals surface area contributed by atoms with Crippen LogP contribution in [-0.2, 0) is 16.8 Å². The van der Waals surface area contributed by atoms with Crippen molar-refractivity contribution in [2.24, 2.45) is 11.3 Å². The number of aryl methyl sites for hydroxylation is 1. The van der Waals surface area contributed by atoms with E-state index >= 15 is 0 Å². The smallest absolute Gasteiger partial charge is 0.322 e. The monoisotopic (exact) mass is 462 g/mol. The van der Waals surface area contributed by atoms with Gasteiger partial charge in [0, 0.05) is 24.4 Å². The van der Waals surface area contributed by atoms with Crippen molar-refractivity contribution >= 4 is 23.6 Å². The van der Waals surface area contributed by atoms with Crippen LogP contribution >= 0.6 is 11.6 Å². The van der Waals surface area contributed by atoms with Gasteiger partial charge in [-0.1, -0.05) is 44.5 Å². The van der Waals surface area contributed by atoms with E-state index in [2.05, 4.69) is 38.2 Å². The lowest BCUT2D eigenvalue weighted by molar-refractivity contribution is -0.137. The minimum atomic E-state index is -0.943. The average molecular weight is 463 g/mol. The third kappa shape index (κ3) is 5.46. The van der Waals surface area contributed by atoms with Crippen LogP contribution in [0.2, 0.25) is 5.02 Å². The average Bonchev–Trinajstić information content (AvgIpc) is 2.71. The summed E-state index contributed by atoms with van der Waals surface area (Å²) < 4.78 is 0. The molecule has 3 N–H and O–H groups in total. The SMILES string of the molecule is CC(C)(C)CCc1ccc(C23CCCC(CCO)C2=CN(CCC(=O)O)C(=O)N3)cc1Cl. The zero-order valence-electron chi connectivity index (χ0n) is 19.3. The highest BCUT2D eigenvalue weighted by atomic mass is 35.5. The number of benzene rings is 1. The molecule has 7 heteroatoms. The normalized spacial score (nSPS) is 23.4. The molecule has 2 aliphatic rings. The van der Waals surface area contributed by atoms with E-state index in [4.69, 9.17) is 16.7 Å². The van der Waals surface area contributed by atoms with Crippen LogP contribution in [0.4, 0.5) is 4.79 Å². The number of aliphatic hydroxyl groups is 1. The van der Waals surface area contributed by atoms with Crippen LogP contribution in [0.15, 0.2) is 30.0 Å². The molecular weight excluding hydrogens is 428 g/mol. The van der Waals surface area contributed by atoms with Crippen molar-refractivity contribution in [3.8, 4) is 0 Å². The van der Waals surface area contributed by atoms with Crippen LogP contribution in [-0.4, -0.2) is 40.3 Å². The van der Waals surface area contributed by atoms with Gasteiger partial charge in [0.2, 0.25) is 0 Å². The Balaban J connectivity index is 1.98. The number of nitrogens with zero attached hydrogens (tertiary/aromatic N) is 1. The maximum atomic E-state index is 13.0. The van der Waals surface area contributed by atoms with Crippen LogP contribution in [0.1, 0.15) is 70.4 Å². The predicted molar refractivity (Wildman–Crippen MR) is 126 cm³/mol. The molecule has 1 saturated carbocycles. The molecule has 0 spiro atoms. The number of hydrogen-bond donors (Lipinski definition) is 3. The van der Waals surface area contributed by atoms with E-state index in [1.807, 2.05) is 12.3 Å². The Morgan fingerprint density at radius 3 is 2.72 bits per heavy atom. The highest BCUT2D eigenvalue weighted by Gasteiger charge is 2.47. The number of carboxylic acid groups (broad SMARTS) is 1. The molecule has 0 bridgehead atoms. The summed E-state index contributed by atoms with van der Waals surface area (Å²) >= 11 is 6.70. The van der Waals surface area contributed by atoms with Crippen molar-refractivity contribution in [1.29, 1.82) is 0 Å². The number of halogens is 1. The second-order valence-electron chi connectivity index (χ2n) is 10.2. The summed E-state index contributed by atoms with van der Waals surface area (Å²) in [6.45, 7) is 6.81. The fraction of sp³-hybridized carbons (Fsp3) is 0.600. The Kier molecular flexibility index (Phi) is 7.56. The van der Waals surface area contributed by atoms with Crippen molar-refractivity contribution in [3.05, 3.63) is 46.1 Å². The molecule has 1 fully saturated rings. The van der Waals surface area contributed by atoms with Gasteiger partial charge in [0.15, 0.2) is 0 Å². The molecule has 6 nitrogen and oxygen atoms in total. The second-order valence-corrected chi connectivity index (χ2v) is 10.6. The molecule has 2 amide bonds. The molecule has 2 atom stereocenters. The number of fused-ring (bicyclic) bond motifs is 1.